The fraction of sp³-hybridized carbons (Fsp3) is 0.389. The Labute approximate surface area is 137 Å². The molecule has 6 nitrogen and oxygen atoms in total. The lowest BCUT2D eigenvalue weighted by atomic mass is 9.81. The smallest absolute Gasteiger partial charge is 0.371 e. The molecule has 0 saturated heterocycles. The molecule has 0 amide bonds. The van der Waals surface area contributed by atoms with Gasteiger partial charge in [-0.15, -0.1) is 0 Å². The van der Waals surface area contributed by atoms with Crippen LogP contribution in [-0.2, 0) is 24.1 Å². The molecule has 6 heteroatoms. The van der Waals surface area contributed by atoms with Gasteiger partial charge in [0.1, 0.15) is 5.58 Å². The fourth-order valence-corrected chi connectivity index (χ4v) is 3.45. The van der Waals surface area contributed by atoms with Crippen molar-refractivity contribution in [3.8, 4) is 0 Å². The van der Waals surface area contributed by atoms with E-state index in [1.165, 1.54) is 0 Å². The first-order valence-corrected chi connectivity index (χ1v) is 8.00. The number of rotatable bonds is 4. The van der Waals surface area contributed by atoms with Gasteiger partial charge in [-0.1, -0.05) is 19.4 Å². The highest BCUT2D eigenvalue weighted by atomic mass is 16.4. The summed E-state index contributed by atoms with van der Waals surface area (Å²) in [7, 11) is 0. The third kappa shape index (κ3) is 2.68. The number of aliphatic carboxylic acids is 1. The lowest BCUT2D eigenvalue weighted by molar-refractivity contribution is -0.142. The Balaban J connectivity index is 2.29. The largest absolute Gasteiger partial charge is 0.481 e. The molecule has 0 bridgehead atoms. The molecule has 2 aromatic rings. The zero-order valence-electron chi connectivity index (χ0n) is 13.3. The van der Waals surface area contributed by atoms with Crippen molar-refractivity contribution in [1.29, 1.82) is 0 Å². The lowest BCUT2D eigenvalue weighted by Gasteiger charge is -2.23. The van der Waals surface area contributed by atoms with E-state index < -0.39 is 17.9 Å². The van der Waals surface area contributed by atoms with Crippen molar-refractivity contribution in [2.24, 2.45) is 5.92 Å². The quantitative estimate of drug-likeness (QED) is 0.893. The maximum absolute atomic E-state index is 12.5. The minimum Gasteiger partial charge on any atom is -0.481 e. The van der Waals surface area contributed by atoms with Gasteiger partial charge in [-0.25, -0.2) is 4.79 Å². The number of hydrogen-bond acceptors (Lipinski definition) is 4. The standard InChI is InChI=1S/C18H18O6/c1-2-3-9-6-11-7-10(17(20)21)4-5-12(11)15-13(19)8-14(18(22)23)24-16(9)15/h6,8,10H,2-5,7H2,1H3,(H,20,21)(H,22,23). The zero-order valence-corrected chi connectivity index (χ0v) is 13.3. The molecule has 1 aromatic heterocycles. The molecule has 0 fully saturated rings. The molecule has 1 aliphatic carbocycles. The zero-order chi connectivity index (χ0) is 17.4. The van der Waals surface area contributed by atoms with Crippen LogP contribution < -0.4 is 5.43 Å². The Morgan fingerprint density at radius 2 is 2.04 bits per heavy atom. The number of carbonyl (C=O) groups is 2. The number of hydrogen-bond donors (Lipinski definition) is 2. The minimum absolute atomic E-state index is 0.328. The van der Waals surface area contributed by atoms with E-state index in [1.807, 2.05) is 13.0 Å². The van der Waals surface area contributed by atoms with Gasteiger partial charge in [-0.05, 0) is 42.4 Å². The number of carboxylic acids is 2. The van der Waals surface area contributed by atoms with Crippen LogP contribution in [0.1, 0.15) is 47.0 Å². The van der Waals surface area contributed by atoms with Gasteiger partial charge in [0, 0.05) is 6.07 Å². The van der Waals surface area contributed by atoms with E-state index >= 15 is 0 Å². The molecule has 3 rings (SSSR count). The van der Waals surface area contributed by atoms with Crippen molar-refractivity contribution in [1.82, 2.24) is 0 Å². The average Bonchev–Trinajstić information content (AvgIpc) is 2.54. The van der Waals surface area contributed by atoms with Crippen molar-refractivity contribution < 1.29 is 24.2 Å². The van der Waals surface area contributed by atoms with Crippen LogP contribution in [0.3, 0.4) is 0 Å². The minimum atomic E-state index is -1.28. The highest BCUT2D eigenvalue weighted by molar-refractivity contribution is 5.90. The summed E-state index contributed by atoms with van der Waals surface area (Å²) < 4.78 is 5.51. The SMILES string of the molecule is CCCc1cc2c(c3c(=O)cc(C(=O)O)oc13)CCC(C(=O)O)C2. The number of benzene rings is 1. The third-order valence-electron chi connectivity index (χ3n) is 4.57. The van der Waals surface area contributed by atoms with E-state index in [-0.39, 0.29) is 11.2 Å². The predicted octanol–water partition coefficient (Wildman–Crippen LogP) is 2.63. The maximum Gasteiger partial charge on any atom is 0.371 e. The highest BCUT2D eigenvalue weighted by Crippen LogP contribution is 2.33. The van der Waals surface area contributed by atoms with Crippen molar-refractivity contribution in [2.45, 2.75) is 39.0 Å². The van der Waals surface area contributed by atoms with Crippen molar-refractivity contribution in [3.05, 3.63) is 44.8 Å². The maximum atomic E-state index is 12.5. The second-order valence-electron chi connectivity index (χ2n) is 6.19. The summed E-state index contributed by atoms with van der Waals surface area (Å²) in [4.78, 5) is 35.0. The highest BCUT2D eigenvalue weighted by Gasteiger charge is 2.28. The first-order chi connectivity index (χ1) is 11.4. The third-order valence-corrected chi connectivity index (χ3v) is 4.57. The summed E-state index contributed by atoms with van der Waals surface area (Å²) in [5, 5.41) is 18.8. The predicted molar refractivity (Wildman–Crippen MR) is 86.6 cm³/mol. The van der Waals surface area contributed by atoms with Gasteiger partial charge in [0.05, 0.1) is 11.3 Å². The number of carboxylic acid groups (broad SMARTS) is 2. The van der Waals surface area contributed by atoms with Crippen LogP contribution in [0.2, 0.25) is 0 Å². The van der Waals surface area contributed by atoms with Gasteiger partial charge in [-0.2, -0.15) is 0 Å². The van der Waals surface area contributed by atoms with Crippen LogP contribution in [0.4, 0.5) is 0 Å². The number of fused-ring (bicyclic) bond motifs is 3. The molecule has 1 aliphatic rings. The van der Waals surface area contributed by atoms with Crippen molar-refractivity contribution in [3.63, 3.8) is 0 Å². The molecule has 2 N–H and O–H groups in total. The molecule has 1 aromatic carbocycles. The first-order valence-electron chi connectivity index (χ1n) is 8.00. The summed E-state index contributed by atoms with van der Waals surface area (Å²) in [5.41, 5.74) is 2.37. The molecular formula is C18H18O6. The molecule has 126 valence electrons. The van der Waals surface area contributed by atoms with Crippen LogP contribution in [0.15, 0.2) is 21.3 Å². The van der Waals surface area contributed by atoms with Gasteiger partial charge in [-0.3, -0.25) is 9.59 Å². The number of aromatic carboxylic acids is 1. The summed E-state index contributed by atoms with van der Waals surface area (Å²) in [6.45, 7) is 1.98. The van der Waals surface area contributed by atoms with Crippen LogP contribution >= 0.6 is 0 Å². The van der Waals surface area contributed by atoms with Gasteiger partial charge < -0.3 is 14.6 Å². The van der Waals surface area contributed by atoms with Gasteiger partial charge >= 0.3 is 11.9 Å². The summed E-state index contributed by atoms with van der Waals surface area (Å²) in [5.74, 6) is -2.93. The second kappa shape index (κ2) is 6.11. The van der Waals surface area contributed by atoms with E-state index in [0.29, 0.717) is 36.7 Å². The van der Waals surface area contributed by atoms with Crippen LogP contribution in [0.5, 0.6) is 0 Å². The molecule has 24 heavy (non-hydrogen) atoms. The topological polar surface area (TPSA) is 105 Å². The normalized spacial score (nSPS) is 16.8. The summed E-state index contributed by atoms with van der Waals surface area (Å²) in [6, 6.07) is 2.88. The average molecular weight is 330 g/mol. The second-order valence-corrected chi connectivity index (χ2v) is 6.19. The Morgan fingerprint density at radius 3 is 2.67 bits per heavy atom. The van der Waals surface area contributed by atoms with Crippen molar-refractivity contribution >= 4 is 22.9 Å². The van der Waals surface area contributed by atoms with E-state index in [0.717, 1.165) is 29.2 Å². The fourth-order valence-electron chi connectivity index (χ4n) is 3.45. The van der Waals surface area contributed by atoms with Gasteiger partial charge in [0.25, 0.3) is 0 Å². The van der Waals surface area contributed by atoms with Crippen molar-refractivity contribution in [2.75, 3.05) is 0 Å². The Kier molecular flexibility index (Phi) is 4.13. The summed E-state index contributed by atoms with van der Waals surface area (Å²) >= 11 is 0. The van der Waals surface area contributed by atoms with Gasteiger partial charge in [0.2, 0.25) is 5.76 Å². The molecule has 1 atom stereocenters. The number of aryl methyl sites for hydroxylation is 2. The lowest BCUT2D eigenvalue weighted by Crippen LogP contribution is -2.24. The molecule has 1 unspecified atom stereocenters. The molecule has 1 heterocycles. The Hall–Kier alpha value is -2.63. The van der Waals surface area contributed by atoms with Crippen LogP contribution in [0, 0.1) is 5.92 Å². The summed E-state index contributed by atoms with van der Waals surface area (Å²) in [6.07, 6.45) is 2.76. The molecule has 0 radical (unpaired) electrons. The molecule has 0 saturated carbocycles. The Bertz CT molecular complexity index is 892. The molecule has 0 spiro atoms. The first kappa shape index (κ1) is 16.2. The Morgan fingerprint density at radius 1 is 1.29 bits per heavy atom. The molecule has 0 aliphatic heterocycles. The van der Waals surface area contributed by atoms with E-state index in [4.69, 9.17) is 9.52 Å². The van der Waals surface area contributed by atoms with E-state index in [2.05, 4.69) is 0 Å². The van der Waals surface area contributed by atoms with Crippen LogP contribution in [-0.4, -0.2) is 22.2 Å². The monoisotopic (exact) mass is 330 g/mol. The van der Waals surface area contributed by atoms with Crippen LogP contribution in [0.25, 0.3) is 11.0 Å². The molecular weight excluding hydrogens is 312 g/mol. The van der Waals surface area contributed by atoms with E-state index in [1.54, 1.807) is 0 Å². The van der Waals surface area contributed by atoms with E-state index in [9.17, 15) is 19.5 Å². The van der Waals surface area contributed by atoms with Gasteiger partial charge in [0.15, 0.2) is 5.43 Å².